The number of furan rings is 1. The fraction of sp³-hybridized carbons (Fsp3) is 0.375. The summed E-state index contributed by atoms with van der Waals surface area (Å²) in [5.74, 6) is 1.58. The SMILES string of the molecule is CCNC(c1ccc(Cl)o1)c1ccccc1OCCOC. The van der Waals surface area contributed by atoms with E-state index in [1.165, 1.54) is 0 Å². The van der Waals surface area contributed by atoms with Gasteiger partial charge in [0.1, 0.15) is 18.1 Å². The van der Waals surface area contributed by atoms with Crippen LogP contribution in [0, 0.1) is 0 Å². The number of nitrogens with one attached hydrogen (secondary N) is 1. The maximum Gasteiger partial charge on any atom is 0.193 e. The summed E-state index contributed by atoms with van der Waals surface area (Å²) >= 11 is 5.89. The van der Waals surface area contributed by atoms with Gasteiger partial charge in [-0.15, -0.1) is 0 Å². The third-order valence-electron chi connectivity index (χ3n) is 3.06. The Labute approximate surface area is 130 Å². The van der Waals surface area contributed by atoms with Gasteiger partial charge in [0.25, 0.3) is 0 Å². The molecule has 5 heteroatoms. The quantitative estimate of drug-likeness (QED) is 0.756. The summed E-state index contributed by atoms with van der Waals surface area (Å²) in [7, 11) is 1.65. The first-order valence-electron chi connectivity index (χ1n) is 6.95. The molecule has 2 aromatic rings. The smallest absolute Gasteiger partial charge is 0.193 e. The van der Waals surface area contributed by atoms with Crippen molar-refractivity contribution in [3.05, 3.63) is 52.9 Å². The number of halogens is 1. The number of methoxy groups -OCH3 is 1. The molecule has 114 valence electrons. The summed E-state index contributed by atoms with van der Waals surface area (Å²) in [6.45, 7) is 3.90. The first-order valence-corrected chi connectivity index (χ1v) is 7.33. The van der Waals surface area contributed by atoms with Crippen LogP contribution in [0.4, 0.5) is 0 Å². The van der Waals surface area contributed by atoms with Gasteiger partial charge in [-0.2, -0.15) is 0 Å². The van der Waals surface area contributed by atoms with E-state index in [2.05, 4.69) is 5.32 Å². The Morgan fingerprint density at radius 1 is 1.19 bits per heavy atom. The van der Waals surface area contributed by atoms with Crippen LogP contribution >= 0.6 is 11.6 Å². The van der Waals surface area contributed by atoms with Crippen LogP contribution < -0.4 is 10.1 Å². The molecule has 0 saturated carbocycles. The molecule has 0 saturated heterocycles. The monoisotopic (exact) mass is 309 g/mol. The number of rotatable bonds is 8. The van der Waals surface area contributed by atoms with Gasteiger partial charge >= 0.3 is 0 Å². The van der Waals surface area contributed by atoms with Crippen molar-refractivity contribution < 1.29 is 13.9 Å². The fourth-order valence-electron chi connectivity index (χ4n) is 2.14. The van der Waals surface area contributed by atoms with Gasteiger partial charge < -0.3 is 19.2 Å². The Kier molecular flexibility index (Phi) is 6.11. The predicted octanol–water partition coefficient (Wildman–Crippen LogP) is 3.66. The molecule has 1 atom stereocenters. The molecule has 21 heavy (non-hydrogen) atoms. The highest BCUT2D eigenvalue weighted by Gasteiger charge is 2.20. The number of hydrogen-bond acceptors (Lipinski definition) is 4. The van der Waals surface area contributed by atoms with Crippen molar-refractivity contribution in [2.45, 2.75) is 13.0 Å². The lowest BCUT2D eigenvalue weighted by Gasteiger charge is -2.19. The summed E-state index contributed by atoms with van der Waals surface area (Å²) < 4.78 is 16.4. The van der Waals surface area contributed by atoms with Crippen LogP contribution in [-0.2, 0) is 4.74 Å². The second-order valence-corrected chi connectivity index (χ2v) is 4.88. The van der Waals surface area contributed by atoms with E-state index in [0.29, 0.717) is 18.4 Å². The van der Waals surface area contributed by atoms with E-state index in [9.17, 15) is 0 Å². The average molecular weight is 310 g/mol. The minimum Gasteiger partial charge on any atom is -0.491 e. The van der Waals surface area contributed by atoms with Crippen molar-refractivity contribution in [1.29, 1.82) is 0 Å². The van der Waals surface area contributed by atoms with Gasteiger partial charge in [-0.3, -0.25) is 0 Å². The van der Waals surface area contributed by atoms with Gasteiger partial charge in [0.05, 0.1) is 12.6 Å². The molecule has 1 unspecified atom stereocenters. The van der Waals surface area contributed by atoms with Crippen molar-refractivity contribution in [2.24, 2.45) is 0 Å². The molecular weight excluding hydrogens is 290 g/mol. The van der Waals surface area contributed by atoms with Crippen LogP contribution in [0.1, 0.15) is 24.3 Å². The van der Waals surface area contributed by atoms with Crippen LogP contribution in [0.15, 0.2) is 40.8 Å². The molecular formula is C16H20ClNO3. The molecule has 0 aliphatic rings. The molecule has 0 fully saturated rings. The van der Waals surface area contributed by atoms with E-state index < -0.39 is 0 Å². The summed E-state index contributed by atoms with van der Waals surface area (Å²) in [5, 5.41) is 3.78. The zero-order valence-corrected chi connectivity index (χ0v) is 13.0. The normalized spacial score (nSPS) is 12.3. The largest absolute Gasteiger partial charge is 0.491 e. The Morgan fingerprint density at radius 2 is 2.00 bits per heavy atom. The zero-order valence-electron chi connectivity index (χ0n) is 12.3. The molecule has 0 aliphatic heterocycles. The molecule has 1 aromatic carbocycles. The summed E-state index contributed by atoms with van der Waals surface area (Å²) in [5.41, 5.74) is 1.02. The fourth-order valence-corrected chi connectivity index (χ4v) is 2.29. The second kappa shape index (κ2) is 8.08. The number of ether oxygens (including phenoxy) is 2. The standard InChI is InChI=1S/C16H20ClNO3/c1-3-18-16(14-8-9-15(17)21-14)12-6-4-5-7-13(12)20-11-10-19-2/h4-9,16,18H,3,10-11H2,1-2H3. The maximum atomic E-state index is 5.89. The van der Waals surface area contributed by atoms with Crippen molar-refractivity contribution in [2.75, 3.05) is 26.9 Å². The van der Waals surface area contributed by atoms with Crippen LogP contribution in [0.25, 0.3) is 0 Å². The highest BCUT2D eigenvalue weighted by molar-refractivity contribution is 6.28. The molecule has 1 aromatic heterocycles. The molecule has 4 nitrogen and oxygen atoms in total. The Bertz CT molecular complexity index is 556. The Morgan fingerprint density at radius 3 is 2.67 bits per heavy atom. The number of benzene rings is 1. The first-order chi connectivity index (χ1) is 10.3. The van der Waals surface area contributed by atoms with E-state index in [0.717, 1.165) is 23.6 Å². The van der Waals surface area contributed by atoms with Gasteiger partial charge in [0.2, 0.25) is 0 Å². The Balaban J connectivity index is 2.27. The predicted molar refractivity (Wildman–Crippen MR) is 83.1 cm³/mol. The minimum atomic E-state index is -0.0961. The van der Waals surface area contributed by atoms with Gasteiger partial charge in [0, 0.05) is 12.7 Å². The molecule has 2 rings (SSSR count). The molecule has 0 bridgehead atoms. The van der Waals surface area contributed by atoms with Crippen molar-refractivity contribution in [3.8, 4) is 5.75 Å². The lowest BCUT2D eigenvalue weighted by Crippen LogP contribution is -2.22. The summed E-state index contributed by atoms with van der Waals surface area (Å²) in [6.07, 6.45) is 0. The van der Waals surface area contributed by atoms with Crippen LogP contribution in [0.5, 0.6) is 5.75 Å². The first kappa shape index (κ1) is 15.9. The van der Waals surface area contributed by atoms with Gasteiger partial charge in [-0.05, 0) is 36.3 Å². The van der Waals surface area contributed by atoms with Crippen LogP contribution in [-0.4, -0.2) is 26.9 Å². The zero-order chi connectivity index (χ0) is 15.1. The molecule has 0 amide bonds. The lowest BCUT2D eigenvalue weighted by molar-refractivity contribution is 0.145. The van der Waals surface area contributed by atoms with E-state index in [4.69, 9.17) is 25.5 Å². The van der Waals surface area contributed by atoms with Crippen molar-refractivity contribution in [1.82, 2.24) is 5.32 Å². The second-order valence-electron chi connectivity index (χ2n) is 4.51. The third kappa shape index (κ3) is 4.24. The highest BCUT2D eigenvalue weighted by atomic mass is 35.5. The summed E-state index contributed by atoms with van der Waals surface area (Å²) in [4.78, 5) is 0. The van der Waals surface area contributed by atoms with Gasteiger partial charge in [-0.25, -0.2) is 0 Å². The molecule has 0 aliphatic carbocycles. The number of para-hydroxylation sites is 1. The highest BCUT2D eigenvalue weighted by Crippen LogP contribution is 2.31. The van der Waals surface area contributed by atoms with E-state index in [1.54, 1.807) is 13.2 Å². The molecule has 1 heterocycles. The van der Waals surface area contributed by atoms with E-state index in [-0.39, 0.29) is 6.04 Å². The van der Waals surface area contributed by atoms with Gasteiger partial charge in [-0.1, -0.05) is 25.1 Å². The lowest BCUT2D eigenvalue weighted by atomic mass is 10.0. The van der Waals surface area contributed by atoms with Gasteiger partial charge in [0.15, 0.2) is 5.22 Å². The maximum absolute atomic E-state index is 5.89. The van der Waals surface area contributed by atoms with Crippen LogP contribution in [0.2, 0.25) is 5.22 Å². The van der Waals surface area contributed by atoms with E-state index >= 15 is 0 Å². The Hall–Kier alpha value is -1.49. The van der Waals surface area contributed by atoms with Crippen molar-refractivity contribution in [3.63, 3.8) is 0 Å². The minimum absolute atomic E-state index is 0.0961. The van der Waals surface area contributed by atoms with Crippen LogP contribution in [0.3, 0.4) is 0 Å². The topological polar surface area (TPSA) is 43.6 Å². The summed E-state index contributed by atoms with van der Waals surface area (Å²) in [6, 6.07) is 11.4. The van der Waals surface area contributed by atoms with Crippen molar-refractivity contribution >= 4 is 11.6 Å². The third-order valence-corrected chi connectivity index (χ3v) is 3.26. The molecule has 0 radical (unpaired) electrons. The molecule has 0 spiro atoms. The molecule has 1 N–H and O–H groups in total. The van der Waals surface area contributed by atoms with E-state index in [1.807, 2.05) is 37.3 Å². The number of hydrogen-bond donors (Lipinski definition) is 1. The average Bonchev–Trinajstić information content (AvgIpc) is 2.92.